The molecule has 0 saturated carbocycles. The van der Waals surface area contributed by atoms with Gasteiger partial charge in [0.2, 0.25) is 0 Å². The summed E-state index contributed by atoms with van der Waals surface area (Å²) in [5.74, 6) is -0.183. The fourth-order valence-electron chi connectivity index (χ4n) is 3.17. The summed E-state index contributed by atoms with van der Waals surface area (Å²) in [4.78, 5) is 4.77. The molecule has 20 heavy (non-hydrogen) atoms. The molecule has 2 rings (SSSR count). The molecule has 1 aliphatic rings. The summed E-state index contributed by atoms with van der Waals surface area (Å²) in [6, 6.07) is 7.45. The average molecular weight is 279 g/mol. The van der Waals surface area contributed by atoms with E-state index in [2.05, 4.69) is 30.7 Å². The van der Waals surface area contributed by atoms with Crippen LogP contribution in [0.1, 0.15) is 31.9 Å². The Kier molecular flexibility index (Phi) is 5.13. The Labute approximate surface area is 121 Å². The minimum atomic E-state index is -0.183. The second-order valence-electron chi connectivity index (χ2n) is 5.92. The van der Waals surface area contributed by atoms with Gasteiger partial charge < -0.3 is 10.6 Å². The Hall–Kier alpha value is -0.970. The van der Waals surface area contributed by atoms with Gasteiger partial charge in [0.1, 0.15) is 5.82 Å². The molecule has 1 aliphatic heterocycles. The zero-order valence-electron chi connectivity index (χ0n) is 12.7. The van der Waals surface area contributed by atoms with Crippen molar-refractivity contribution in [1.82, 2.24) is 9.80 Å². The highest BCUT2D eigenvalue weighted by molar-refractivity contribution is 5.22. The van der Waals surface area contributed by atoms with Crippen molar-refractivity contribution in [3.05, 3.63) is 35.6 Å². The topological polar surface area (TPSA) is 32.5 Å². The maximum absolute atomic E-state index is 13.6. The number of hydrogen-bond donors (Lipinski definition) is 1. The van der Waals surface area contributed by atoms with Gasteiger partial charge in [0.25, 0.3) is 0 Å². The number of rotatable bonds is 4. The zero-order chi connectivity index (χ0) is 14.7. The molecule has 1 aromatic rings. The first-order chi connectivity index (χ1) is 9.52. The lowest BCUT2D eigenvalue weighted by Crippen LogP contribution is -2.54. The van der Waals surface area contributed by atoms with Crippen LogP contribution < -0.4 is 5.73 Å². The van der Waals surface area contributed by atoms with E-state index < -0.39 is 0 Å². The van der Waals surface area contributed by atoms with Gasteiger partial charge in [-0.2, -0.15) is 0 Å². The van der Waals surface area contributed by atoms with Crippen LogP contribution in [0.25, 0.3) is 0 Å². The van der Waals surface area contributed by atoms with Crippen LogP contribution in [0.4, 0.5) is 4.39 Å². The molecule has 1 saturated heterocycles. The van der Waals surface area contributed by atoms with Crippen molar-refractivity contribution >= 4 is 0 Å². The van der Waals surface area contributed by atoms with Crippen LogP contribution in [0.2, 0.25) is 0 Å². The van der Waals surface area contributed by atoms with Crippen molar-refractivity contribution in [2.24, 2.45) is 5.73 Å². The molecule has 2 N–H and O–H groups in total. The summed E-state index contributed by atoms with van der Waals surface area (Å²) in [5.41, 5.74) is 7.35. The van der Waals surface area contributed by atoms with Crippen LogP contribution in [-0.2, 0) is 0 Å². The lowest BCUT2D eigenvalue weighted by molar-refractivity contribution is 0.0491. The fraction of sp³-hybridized carbons (Fsp3) is 0.625. The summed E-state index contributed by atoms with van der Waals surface area (Å²) >= 11 is 0. The van der Waals surface area contributed by atoms with E-state index in [0.29, 0.717) is 6.04 Å². The van der Waals surface area contributed by atoms with Gasteiger partial charge in [-0.25, -0.2) is 4.39 Å². The predicted molar refractivity (Wildman–Crippen MR) is 81.1 cm³/mol. The van der Waals surface area contributed by atoms with Gasteiger partial charge in [0.05, 0.1) is 6.04 Å². The minimum absolute atomic E-state index is 0.0302. The first-order valence-corrected chi connectivity index (χ1v) is 7.48. The van der Waals surface area contributed by atoms with Crippen molar-refractivity contribution < 1.29 is 4.39 Å². The second kappa shape index (κ2) is 6.66. The molecular formula is C16H26FN3. The zero-order valence-corrected chi connectivity index (χ0v) is 12.7. The Bertz CT molecular complexity index is 437. The highest BCUT2D eigenvalue weighted by atomic mass is 19.1. The molecular weight excluding hydrogens is 253 g/mol. The smallest absolute Gasteiger partial charge is 0.123 e. The number of likely N-dealkylation sites (N-methyl/N-ethyl adjacent to an activating group) is 1. The highest BCUT2D eigenvalue weighted by Crippen LogP contribution is 2.29. The number of hydrogen-bond acceptors (Lipinski definition) is 3. The van der Waals surface area contributed by atoms with E-state index in [0.717, 1.165) is 31.6 Å². The van der Waals surface area contributed by atoms with Crippen LogP contribution in [0.15, 0.2) is 24.3 Å². The number of piperazine rings is 1. The molecule has 3 nitrogen and oxygen atoms in total. The Morgan fingerprint density at radius 3 is 2.75 bits per heavy atom. The molecule has 3 atom stereocenters. The maximum Gasteiger partial charge on any atom is 0.123 e. The van der Waals surface area contributed by atoms with Gasteiger partial charge in [-0.15, -0.1) is 0 Å². The molecule has 3 unspecified atom stereocenters. The van der Waals surface area contributed by atoms with E-state index in [4.69, 9.17) is 5.73 Å². The third-order valence-electron chi connectivity index (χ3n) is 4.31. The molecule has 4 heteroatoms. The third kappa shape index (κ3) is 3.37. The number of nitrogens with two attached hydrogens (primary N) is 1. The molecule has 1 fully saturated rings. The fourth-order valence-corrected chi connectivity index (χ4v) is 3.17. The van der Waals surface area contributed by atoms with Gasteiger partial charge in [0.15, 0.2) is 0 Å². The van der Waals surface area contributed by atoms with Crippen LogP contribution in [0, 0.1) is 5.82 Å². The van der Waals surface area contributed by atoms with E-state index in [-0.39, 0.29) is 17.9 Å². The number of nitrogens with zero attached hydrogens (tertiary/aromatic N) is 2. The molecule has 1 aromatic carbocycles. The molecule has 0 amide bonds. The quantitative estimate of drug-likeness (QED) is 0.917. The third-order valence-corrected chi connectivity index (χ3v) is 4.31. The minimum Gasteiger partial charge on any atom is -0.326 e. The van der Waals surface area contributed by atoms with Crippen LogP contribution in [0.5, 0.6) is 0 Å². The number of benzene rings is 1. The van der Waals surface area contributed by atoms with Gasteiger partial charge in [-0.1, -0.05) is 19.1 Å². The van der Waals surface area contributed by atoms with Gasteiger partial charge in [0, 0.05) is 31.7 Å². The van der Waals surface area contributed by atoms with Crippen molar-refractivity contribution in [1.29, 1.82) is 0 Å². The van der Waals surface area contributed by atoms with Crippen molar-refractivity contribution in [3.8, 4) is 0 Å². The van der Waals surface area contributed by atoms with Crippen LogP contribution in [0.3, 0.4) is 0 Å². The van der Waals surface area contributed by atoms with Crippen LogP contribution >= 0.6 is 0 Å². The van der Waals surface area contributed by atoms with E-state index in [1.807, 2.05) is 6.07 Å². The normalized spacial score (nSPS) is 24.6. The standard InChI is InChI=1S/C16H26FN3/c1-4-15(18)16(13-6-5-7-14(17)10-13)20-9-8-19(3)11-12(20)2/h5-7,10,12,15-16H,4,8-9,11,18H2,1-3H3. The van der Waals surface area contributed by atoms with Gasteiger partial charge in [-0.05, 0) is 38.1 Å². The molecule has 0 bridgehead atoms. The monoisotopic (exact) mass is 279 g/mol. The summed E-state index contributed by atoms with van der Waals surface area (Å²) in [5, 5.41) is 0. The summed E-state index contributed by atoms with van der Waals surface area (Å²) < 4.78 is 13.6. The Morgan fingerprint density at radius 1 is 1.40 bits per heavy atom. The summed E-state index contributed by atoms with van der Waals surface area (Å²) in [6.07, 6.45) is 0.889. The van der Waals surface area contributed by atoms with Crippen LogP contribution in [-0.4, -0.2) is 48.6 Å². The first-order valence-electron chi connectivity index (χ1n) is 7.48. The predicted octanol–water partition coefficient (Wildman–Crippen LogP) is 2.24. The molecule has 0 aromatic heterocycles. The van der Waals surface area contributed by atoms with E-state index in [1.54, 1.807) is 12.1 Å². The molecule has 0 radical (unpaired) electrons. The summed E-state index contributed by atoms with van der Waals surface area (Å²) in [7, 11) is 2.14. The van der Waals surface area contributed by atoms with E-state index >= 15 is 0 Å². The van der Waals surface area contributed by atoms with E-state index in [9.17, 15) is 4.39 Å². The lowest BCUT2D eigenvalue weighted by Gasteiger charge is -2.45. The summed E-state index contributed by atoms with van der Waals surface area (Å²) in [6.45, 7) is 7.36. The van der Waals surface area contributed by atoms with Gasteiger partial charge >= 0.3 is 0 Å². The Balaban J connectivity index is 2.28. The van der Waals surface area contributed by atoms with Crippen molar-refractivity contribution in [3.63, 3.8) is 0 Å². The van der Waals surface area contributed by atoms with Crippen molar-refractivity contribution in [2.75, 3.05) is 26.7 Å². The first kappa shape index (κ1) is 15.4. The average Bonchev–Trinajstić information content (AvgIpc) is 2.41. The maximum atomic E-state index is 13.6. The van der Waals surface area contributed by atoms with E-state index in [1.165, 1.54) is 6.07 Å². The molecule has 0 aliphatic carbocycles. The second-order valence-corrected chi connectivity index (χ2v) is 5.92. The largest absolute Gasteiger partial charge is 0.326 e. The molecule has 112 valence electrons. The SMILES string of the molecule is CCC(N)C(c1cccc(F)c1)N1CCN(C)CC1C. The number of halogens is 1. The molecule has 1 heterocycles. The Morgan fingerprint density at radius 2 is 2.15 bits per heavy atom. The highest BCUT2D eigenvalue weighted by Gasteiger charge is 2.32. The van der Waals surface area contributed by atoms with Gasteiger partial charge in [-0.3, -0.25) is 4.90 Å². The lowest BCUT2D eigenvalue weighted by atomic mass is 9.94. The van der Waals surface area contributed by atoms with Crippen molar-refractivity contribution in [2.45, 2.75) is 38.4 Å². The molecule has 0 spiro atoms.